The minimum Gasteiger partial charge on any atom is -0.446 e. The van der Waals surface area contributed by atoms with Gasteiger partial charge >= 0.3 is 6.09 Å². The zero-order chi connectivity index (χ0) is 17.6. The molecule has 1 aromatic heterocycles. The third kappa shape index (κ3) is 4.14. The van der Waals surface area contributed by atoms with E-state index in [4.69, 9.17) is 9.84 Å². The average Bonchev–Trinajstić information content (AvgIpc) is 2.67. The first-order valence-electron chi connectivity index (χ1n) is 8.63. The molecule has 6 nitrogen and oxygen atoms in total. The van der Waals surface area contributed by atoms with Crippen molar-refractivity contribution in [2.75, 3.05) is 13.2 Å². The van der Waals surface area contributed by atoms with E-state index in [1.807, 2.05) is 37.3 Å². The molecule has 1 amide bonds. The molecule has 0 bridgehead atoms. The van der Waals surface area contributed by atoms with Gasteiger partial charge < -0.3 is 14.7 Å². The van der Waals surface area contributed by atoms with E-state index in [0.717, 1.165) is 29.7 Å². The molecule has 1 N–H and O–H groups in total. The van der Waals surface area contributed by atoms with E-state index in [2.05, 4.69) is 9.97 Å². The molecule has 0 saturated carbocycles. The molecule has 3 rings (SSSR count). The van der Waals surface area contributed by atoms with Crippen molar-refractivity contribution >= 4 is 6.09 Å². The molecule has 0 radical (unpaired) electrons. The number of amides is 1. The molecular formula is C19H23N3O3. The summed E-state index contributed by atoms with van der Waals surface area (Å²) < 4.78 is 5.50. The van der Waals surface area contributed by atoms with Gasteiger partial charge in [-0.05, 0) is 31.4 Å². The molecule has 1 aliphatic heterocycles. The van der Waals surface area contributed by atoms with E-state index < -0.39 is 0 Å². The van der Waals surface area contributed by atoms with Gasteiger partial charge in [0.25, 0.3) is 0 Å². The Morgan fingerprint density at radius 1 is 1.32 bits per heavy atom. The Morgan fingerprint density at radius 2 is 2.12 bits per heavy atom. The van der Waals surface area contributed by atoms with Gasteiger partial charge in [-0.25, -0.2) is 14.8 Å². The van der Waals surface area contributed by atoms with E-state index in [1.54, 1.807) is 11.1 Å². The second kappa shape index (κ2) is 8.07. The van der Waals surface area contributed by atoms with E-state index in [1.165, 1.54) is 6.33 Å². The molecule has 132 valence electrons. The molecular weight excluding hydrogens is 318 g/mol. The van der Waals surface area contributed by atoms with Gasteiger partial charge in [0.1, 0.15) is 12.4 Å². The summed E-state index contributed by atoms with van der Waals surface area (Å²) in [6, 6.07) is 9.87. The molecule has 0 spiro atoms. The van der Waals surface area contributed by atoms with Crippen LogP contribution in [0.1, 0.15) is 37.8 Å². The van der Waals surface area contributed by atoms with Gasteiger partial charge in [-0.15, -0.1) is 0 Å². The summed E-state index contributed by atoms with van der Waals surface area (Å²) in [5.74, 6) is 0. The van der Waals surface area contributed by atoms with Crippen LogP contribution in [0, 0.1) is 0 Å². The number of ether oxygens (including phenoxy) is 1. The number of carbonyl (C=O) groups excluding carboxylic acids is 1. The van der Waals surface area contributed by atoms with Crippen LogP contribution < -0.4 is 0 Å². The number of carbonyl (C=O) groups is 1. The highest BCUT2D eigenvalue weighted by Crippen LogP contribution is 2.27. The molecule has 2 unspecified atom stereocenters. The monoisotopic (exact) mass is 341 g/mol. The van der Waals surface area contributed by atoms with E-state index in [-0.39, 0.29) is 24.8 Å². The average molecular weight is 341 g/mol. The van der Waals surface area contributed by atoms with E-state index in [0.29, 0.717) is 13.0 Å². The first-order valence-corrected chi connectivity index (χ1v) is 8.63. The van der Waals surface area contributed by atoms with Crippen molar-refractivity contribution in [3.8, 4) is 11.3 Å². The zero-order valence-electron chi connectivity index (χ0n) is 14.3. The Hall–Kier alpha value is -2.47. The van der Waals surface area contributed by atoms with Gasteiger partial charge in [-0.2, -0.15) is 0 Å². The first-order chi connectivity index (χ1) is 12.2. The minimum atomic E-state index is -0.276. The summed E-state index contributed by atoms with van der Waals surface area (Å²) in [6.07, 6.45) is 5.08. The van der Waals surface area contributed by atoms with Gasteiger partial charge in [0, 0.05) is 31.3 Å². The highest BCUT2D eigenvalue weighted by molar-refractivity contribution is 5.69. The largest absolute Gasteiger partial charge is 0.446 e. The molecule has 1 aliphatic rings. The number of rotatable bonds is 6. The standard InChI is InChI=1S/C19H23N3O3/c1-14(22-11-9-17(3-2-12-23)25-19(22)24)15-4-6-16(7-5-15)18-8-10-20-13-21-18/h4-8,10,13-14,17,23H,2-3,9,11-12H2,1H3. The lowest BCUT2D eigenvalue weighted by molar-refractivity contribution is 0.00760. The molecule has 1 aromatic carbocycles. The second-order valence-corrected chi connectivity index (χ2v) is 6.25. The summed E-state index contributed by atoms with van der Waals surface area (Å²) in [5.41, 5.74) is 2.95. The van der Waals surface area contributed by atoms with Gasteiger partial charge in [0.05, 0.1) is 11.7 Å². The van der Waals surface area contributed by atoms with Crippen LogP contribution in [0.3, 0.4) is 0 Å². The lowest BCUT2D eigenvalue weighted by Crippen LogP contribution is -2.43. The van der Waals surface area contributed by atoms with Crippen LogP contribution >= 0.6 is 0 Å². The predicted molar refractivity (Wildman–Crippen MR) is 93.8 cm³/mol. The van der Waals surface area contributed by atoms with Gasteiger partial charge in [0.15, 0.2) is 0 Å². The Kier molecular flexibility index (Phi) is 5.60. The van der Waals surface area contributed by atoms with Crippen LogP contribution in [0.25, 0.3) is 11.3 Å². The Balaban J connectivity index is 1.65. The Bertz CT molecular complexity index is 691. The fourth-order valence-electron chi connectivity index (χ4n) is 3.09. The third-order valence-corrected chi connectivity index (χ3v) is 4.62. The van der Waals surface area contributed by atoms with Crippen molar-refractivity contribution in [3.63, 3.8) is 0 Å². The molecule has 1 fully saturated rings. The van der Waals surface area contributed by atoms with Gasteiger partial charge in [0.2, 0.25) is 0 Å². The van der Waals surface area contributed by atoms with Crippen molar-refractivity contribution < 1.29 is 14.6 Å². The fourth-order valence-corrected chi connectivity index (χ4v) is 3.09. The molecule has 1 saturated heterocycles. The summed E-state index contributed by atoms with van der Waals surface area (Å²) in [7, 11) is 0. The quantitative estimate of drug-likeness (QED) is 0.873. The molecule has 0 aliphatic carbocycles. The summed E-state index contributed by atoms with van der Waals surface area (Å²) in [4.78, 5) is 22.2. The highest BCUT2D eigenvalue weighted by Gasteiger charge is 2.30. The second-order valence-electron chi connectivity index (χ2n) is 6.25. The maximum atomic E-state index is 12.3. The molecule has 25 heavy (non-hydrogen) atoms. The molecule has 2 aromatic rings. The topological polar surface area (TPSA) is 75.6 Å². The number of aliphatic hydroxyl groups excluding tert-OH is 1. The van der Waals surface area contributed by atoms with Crippen molar-refractivity contribution in [2.45, 2.75) is 38.3 Å². The number of aliphatic hydroxyl groups is 1. The normalized spacial score (nSPS) is 18.7. The van der Waals surface area contributed by atoms with Crippen molar-refractivity contribution in [1.29, 1.82) is 0 Å². The van der Waals surface area contributed by atoms with Crippen molar-refractivity contribution in [2.24, 2.45) is 0 Å². The van der Waals surface area contributed by atoms with Crippen molar-refractivity contribution in [1.82, 2.24) is 14.9 Å². The molecule has 2 atom stereocenters. The first kappa shape index (κ1) is 17.4. The van der Waals surface area contributed by atoms with Crippen molar-refractivity contribution in [3.05, 3.63) is 48.4 Å². The molecule has 2 heterocycles. The predicted octanol–water partition coefficient (Wildman–Crippen LogP) is 3.19. The van der Waals surface area contributed by atoms with E-state index >= 15 is 0 Å². The van der Waals surface area contributed by atoms with Crippen LogP contribution in [-0.2, 0) is 4.74 Å². The lowest BCUT2D eigenvalue weighted by atomic mass is 10.0. The number of aromatic nitrogens is 2. The highest BCUT2D eigenvalue weighted by atomic mass is 16.6. The molecule has 6 heteroatoms. The fraction of sp³-hybridized carbons (Fsp3) is 0.421. The van der Waals surface area contributed by atoms with Gasteiger partial charge in [-0.1, -0.05) is 24.3 Å². The Labute approximate surface area is 147 Å². The van der Waals surface area contributed by atoms with Crippen LogP contribution in [0.4, 0.5) is 4.79 Å². The minimum absolute atomic E-state index is 0.0502. The number of benzene rings is 1. The van der Waals surface area contributed by atoms with Crippen LogP contribution in [-0.4, -0.2) is 45.3 Å². The third-order valence-electron chi connectivity index (χ3n) is 4.62. The number of hydrogen-bond donors (Lipinski definition) is 1. The smallest absolute Gasteiger partial charge is 0.410 e. The maximum Gasteiger partial charge on any atom is 0.410 e. The lowest BCUT2D eigenvalue weighted by Gasteiger charge is -2.35. The summed E-state index contributed by atoms with van der Waals surface area (Å²) in [5, 5.41) is 8.90. The Morgan fingerprint density at radius 3 is 2.76 bits per heavy atom. The van der Waals surface area contributed by atoms with Crippen LogP contribution in [0.5, 0.6) is 0 Å². The SMILES string of the molecule is CC(c1ccc(-c2ccncn2)cc1)N1CCC(CCCO)OC1=O. The van der Waals surface area contributed by atoms with Crippen LogP contribution in [0.15, 0.2) is 42.9 Å². The number of hydrogen-bond acceptors (Lipinski definition) is 5. The van der Waals surface area contributed by atoms with Crippen LogP contribution in [0.2, 0.25) is 0 Å². The van der Waals surface area contributed by atoms with Gasteiger partial charge in [-0.3, -0.25) is 0 Å². The summed E-state index contributed by atoms with van der Waals surface area (Å²) in [6.45, 7) is 2.81. The van der Waals surface area contributed by atoms with E-state index in [9.17, 15) is 4.79 Å². The zero-order valence-corrected chi connectivity index (χ0v) is 14.3. The number of cyclic esters (lactones) is 1. The number of nitrogens with zero attached hydrogens (tertiary/aromatic N) is 3. The summed E-state index contributed by atoms with van der Waals surface area (Å²) >= 11 is 0. The maximum absolute atomic E-state index is 12.3.